The Morgan fingerprint density at radius 3 is 2.27 bits per heavy atom. The molecule has 120 valence electrons. The maximum atomic E-state index is 12.1. The second-order valence-electron chi connectivity index (χ2n) is 6.09. The predicted molar refractivity (Wildman–Crippen MR) is 86.5 cm³/mol. The van der Waals surface area contributed by atoms with Gasteiger partial charge in [0.25, 0.3) is 5.91 Å². The van der Waals surface area contributed by atoms with Crippen LogP contribution < -0.4 is 16.4 Å². The second-order valence-corrected chi connectivity index (χ2v) is 6.09. The Morgan fingerprint density at radius 2 is 1.64 bits per heavy atom. The first-order valence-corrected chi connectivity index (χ1v) is 7.93. The summed E-state index contributed by atoms with van der Waals surface area (Å²) in [7, 11) is 0. The minimum Gasteiger partial charge on any atom is -0.353 e. The Kier molecular flexibility index (Phi) is 5.55. The van der Waals surface area contributed by atoms with Crippen LogP contribution in [0, 0.1) is 6.92 Å². The summed E-state index contributed by atoms with van der Waals surface area (Å²) in [4.78, 5) is 24.0. The molecule has 0 heterocycles. The highest BCUT2D eigenvalue weighted by Crippen LogP contribution is 2.25. The Labute approximate surface area is 131 Å². The predicted octanol–water partition coefficient (Wildman–Crippen LogP) is 1.50. The molecule has 4 N–H and O–H groups in total. The van der Waals surface area contributed by atoms with E-state index < -0.39 is 5.54 Å². The molecule has 0 saturated heterocycles. The van der Waals surface area contributed by atoms with E-state index in [0.29, 0.717) is 18.7 Å². The minimum absolute atomic E-state index is 0.100. The van der Waals surface area contributed by atoms with E-state index in [1.54, 1.807) is 12.1 Å². The first-order valence-electron chi connectivity index (χ1n) is 7.93. The van der Waals surface area contributed by atoms with Crippen LogP contribution in [0.3, 0.4) is 0 Å². The van der Waals surface area contributed by atoms with E-state index >= 15 is 0 Å². The van der Waals surface area contributed by atoms with E-state index in [0.717, 1.165) is 37.7 Å². The molecule has 1 aromatic carbocycles. The first-order chi connectivity index (χ1) is 10.5. The summed E-state index contributed by atoms with van der Waals surface area (Å²) in [5.41, 5.74) is 7.17. The molecule has 22 heavy (non-hydrogen) atoms. The molecule has 1 aliphatic rings. The lowest BCUT2D eigenvalue weighted by atomic mass is 9.82. The van der Waals surface area contributed by atoms with E-state index in [2.05, 4.69) is 10.6 Å². The van der Waals surface area contributed by atoms with Gasteiger partial charge in [-0.15, -0.1) is 0 Å². The molecule has 0 aliphatic heterocycles. The summed E-state index contributed by atoms with van der Waals surface area (Å²) in [6.45, 7) is 2.77. The molecule has 2 rings (SSSR count). The van der Waals surface area contributed by atoms with Gasteiger partial charge < -0.3 is 16.4 Å². The van der Waals surface area contributed by atoms with Gasteiger partial charge in [0.2, 0.25) is 5.91 Å². The number of hydrogen-bond donors (Lipinski definition) is 3. The number of aryl methyl sites for hydroxylation is 1. The summed E-state index contributed by atoms with van der Waals surface area (Å²) in [6.07, 6.45) is 4.66. The summed E-state index contributed by atoms with van der Waals surface area (Å²) in [6, 6.07) is 7.39. The largest absolute Gasteiger partial charge is 0.353 e. The third-order valence-corrected chi connectivity index (χ3v) is 4.21. The van der Waals surface area contributed by atoms with Gasteiger partial charge in [-0.1, -0.05) is 37.0 Å². The standard InChI is InChI=1S/C17H25N3O2/c1-13-5-7-14(8-6-13)15(21)19-11-12-20-16(22)17(18)9-3-2-4-10-17/h5-8H,2-4,9-12,18H2,1H3,(H,19,21)(H,20,22). The van der Waals surface area contributed by atoms with E-state index in [4.69, 9.17) is 5.73 Å². The van der Waals surface area contributed by atoms with Crippen molar-refractivity contribution in [3.05, 3.63) is 35.4 Å². The molecule has 0 bridgehead atoms. The van der Waals surface area contributed by atoms with Gasteiger partial charge in [0, 0.05) is 18.7 Å². The molecule has 0 unspecified atom stereocenters. The normalized spacial score (nSPS) is 16.8. The lowest BCUT2D eigenvalue weighted by Gasteiger charge is -2.31. The SMILES string of the molecule is Cc1ccc(C(=O)NCCNC(=O)C2(N)CCCCC2)cc1. The van der Waals surface area contributed by atoms with Crippen molar-refractivity contribution in [1.82, 2.24) is 10.6 Å². The van der Waals surface area contributed by atoms with Crippen LogP contribution in [-0.4, -0.2) is 30.4 Å². The zero-order valence-electron chi connectivity index (χ0n) is 13.2. The average molecular weight is 303 g/mol. The van der Waals surface area contributed by atoms with E-state index in [1.165, 1.54) is 0 Å². The number of carbonyl (C=O) groups is 2. The zero-order valence-corrected chi connectivity index (χ0v) is 13.2. The summed E-state index contributed by atoms with van der Waals surface area (Å²) < 4.78 is 0. The summed E-state index contributed by atoms with van der Waals surface area (Å²) in [5, 5.41) is 5.62. The molecule has 1 saturated carbocycles. The van der Waals surface area contributed by atoms with Crippen molar-refractivity contribution in [3.63, 3.8) is 0 Å². The average Bonchev–Trinajstić information content (AvgIpc) is 2.52. The number of amides is 2. The molecule has 5 heteroatoms. The zero-order chi connectivity index (χ0) is 16.0. The summed E-state index contributed by atoms with van der Waals surface area (Å²) in [5.74, 6) is -0.230. The molecule has 2 amide bonds. The smallest absolute Gasteiger partial charge is 0.251 e. The number of nitrogens with one attached hydrogen (secondary N) is 2. The van der Waals surface area contributed by atoms with Crippen LogP contribution in [0.2, 0.25) is 0 Å². The van der Waals surface area contributed by atoms with Crippen molar-refractivity contribution < 1.29 is 9.59 Å². The molecular formula is C17H25N3O2. The first kappa shape index (κ1) is 16.5. The van der Waals surface area contributed by atoms with Crippen molar-refractivity contribution in [2.45, 2.75) is 44.6 Å². The van der Waals surface area contributed by atoms with Gasteiger partial charge in [0.15, 0.2) is 0 Å². The molecule has 1 fully saturated rings. The quantitative estimate of drug-likeness (QED) is 0.721. The molecule has 0 spiro atoms. The minimum atomic E-state index is -0.723. The van der Waals surface area contributed by atoms with Crippen molar-refractivity contribution in [1.29, 1.82) is 0 Å². The van der Waals surface area contributed by atoms with Gasteiger partial charge >= 0.3 is 0 Å². The Morgan fingerprint density at radius 1 is 1.05 bits per heavy atom. The Balaban J connectivity index is 1.71. The fourth-order valence-corrected chi connectivity index (χ4v) is 2.74. The number of rotatable bonds is 5. The van der Waals surface area contributed by atoms with Gasteiger partial charge in [-0.25, -0.2) is 0 Å². The maximum Gasteiger partial charge on any atom is 0.251 e. The van der Waals surface area contributed by atoms with Crippen LogP contribution >= 0.6 is 0 Å². The van der Waals surface area contributed by atoms with Crippen LogP contribution in [-0.2, 0) is 4.79 Å². The monoisotopic (exact) mass is 303 g/mol. The van der Waals surface area contributed by atoms with Crippen LogP contribution in [0.15, 0.2) is 24.3 Å². The highest BCUT2D eigenvalue weighted by molar-refractivity contribution is 5.94. The summed E-state index contributed by atoms with van der Waals surface area (Å²) >= 11 is 0. The molecule has 1 aromatic rings. The fourth-order valence-electron chi connectivity index (χ4n) is 2.74. The molecule has 0 radical (unpaired) electrons. The molecule has 0 aromatic heterocycles. The van der Waals surface area contributed by atoms with Crippen LogP contribution in [0.1, 0.15) is 48.0 Å². The van der Waals surface area contributed by atoms with Crippen LogP contribution in [0.25, 0.3) is 0 Å². The number of benzene rings is 1. The molecule has 5 nitrogen and oxygen atoms in total. The highest BCUT2D eigenvalue weighted by atomic mass is 16.2. The van der Waals surface area contributed by atoms with E-state index in [1.807, 2.05) is 19.1 Å². The Hall–Kier alpha value is -1.88. The number of carbonyl (C=O) groups excluding carboxylic acids is 2. The van der Waals surface area contributed by atoms with Crippen molar-refractivity contribution in [2.24, 2.45) is 5.73 Å². The third kappa shape index (κ3) is 4.31. The second kappa shape index (κ2) is 7.40. The fraction of sp³-hybridized carbons (Fsp3) is 0.529. The van der Waals surface area contributed by atoms with Crippen molar-refractivity contribution in [3.8, 4) is 0 Å². The van der Waals surface area contributed by atoms with Gasteiger partial charge in [-0.3, -0.25) is 9.59 Å². The highest BCUT2D eigenvalue weighted by Gasteiger charge is 2.34. The van der Waals surface area contributed by atoms with Crippen molar-refractivity contribution >= 4 is 11.8 Å². The topological polar surface area (TPSA) is 84.2 Å². The molecule has 1 aliphatic carbocycles. The van der Waals surface area contributed by atoms with Gasteiger partial charge in [-0.2, -0.15) is 0 Å². The van der Waals surface area contributed by atoms with E-state index in [-0.39, 0.29) is 11.8 Å². The molecule has 0 atom stereocenters. The third-order valence-electron chi connectivity index (χ3n) is 4.21. The van der Waals surface area contributed by atoms with Gasteiger partial charge in [-0.05, 0) is 31.9 Å². The van der Waals surface area contributed by atoms with Crippen LogP contribution in [0.4, 0.5) is 0 Å². The van der Waals surface area contributed by atoms with Crippen molar-refractivity contribution in [2.75, 3.05) is 13.1 Å². The Bertz CT molecular complexity index is 519. The lowest BCUT2D eigenvalue weighted by molar-refractivity contribution is -0.127. The maximum absolute atomic E-state index is 12.1. The number of hydrogen-bond acceptors (Lipinski definition) is 3. The molecular weight excluding hydrogens is 278 g/mol. The van der Waals surface area contributed by atoms with Gasteiger partial charge in [0.1, 0.15) is 0 Å². The number of nitrogens with two attached hydrogens (primary N) is 1. The van der Waals surface area contributed by atoms with Gasteiger partial charge in [0.05, 0.1) is 5.54 Å². The lowest BCUT2D eigenvalue weighted by Crippen LogP contribution is -2.55. The van der Waals surface area contributed by atoms with E-state index in [9.17, 15) is 9.59 Å². The van der Waals surface area contributed by atoms with Crippen LogP contribution in [0.5, 0.6) is 0 Å².